The summed E-state index contributed by atoms with van der Waals surface area (Å²) in [5.74, 6) is 1.42. The van der Waals surface area contributed by atoms with Crippen molar-refractivity contribution in [3.8, 4) is 11.5 Å². The van der Waals surface area contributed by atoms with E-state index in [2.05, 4.69) is 19.2 Å². The summed E-state index contributed by atoms with van der Waals surface area (Å²) < 4.78 is 16.9. The van der Waals surface area contributed by atoms with E-state index in [-0.39, 0.29) is 43.1 Å². The normalized spacial score (nSPS) is 12.8. The lowest BCUT2D eigenvalue weighted by Crippen LogP contribution is -2.38. The van der Waals surface area contributed by atoms with Crippen molar-refractivity contribution in [3.05, 3.63) is 77.2 Å². The van der Waals surface area contributed by atoms with Crippen molar-refractivity contribution < 1.29 is 28.3 Å². The molecule has 0 spiro atoms. The highest BCUT2D eigenvalue weighted by Gasteiger charge is 2.28. The number of fused-ring (bicyclic) bond motifs is 1. The van der Waals surface area contributed by atoms with Crippen LogP contribution in [0.1, 0.15) is 52.5 Å². The Hall–Kier alpha value is -4.07. The maximum atomic E-state index is 12.8. The van der Waals surface area contributed by atoms with E-state index in [1.54, 1.807) is 30.3 Å². The average molecular weight is 491 g/mol. The Morgan fingerprint density at radius 3 is 2.61 bits per heavy atom. The molecule has 1 aliphatic heterocycles. The molecule has 8 heteroatoms. The fourth-order valence-corrected chi connectivity index (χ4v) is 3.72. The zero-order chi connectivity index (χ0) is 25.7. The number of aryl methyl sites for hydroxylation is 1. The predicted octanol–water partition coefficient (Wildman–Crippen LogP) is 4.55. The Bertz CT molecular complexity index is 1250. The molecule has 0 bridgehead atoms. The molecule has 0 aliphatic carbocycles. The molecular formula is C28H30N2O6. The summed E-state index contributed by atoms with van der Waals surface area (Å²) in [5, 5.41) is 2.84. The van der Waals surface area contributed by atoms with Gasteiger partial charge in [0.2, 0.25) is 0 Å². The van der Waals surface area contributed by atoms with E-state index in [9.17, 15) is 14.4 Å². The van der Waals surface area contributed by atoms with Gasteiger partial charge in [0.15, 0.2) is 24.8 Å². The van der Waals surface area contributed by atoms with E-state index in [0.29, 0.717) is 41.0 Å². The van der Waals surface area contributed by atoms with E-state index >= 15 is 0 Å². The second-order valence-electron chi connectivity index (χ2n) is 9.18. The van der Waals surface area contributed by atoms with Crippen LogP contribution in [0.3, 0.4) is 0 Å². The molecule has 0 atom stereocenters. The van der Waals surface area contributed by atoms with Crippen LogP contribution in [0.4, 0.5) is 5.69 Å². The van der Waals surface area contributed by atoms with Gasteiger partial charge in [-0.2, -0.15) is 0 Å². The van der Waals surface area contributed by atoms with Crippen LogP contribution in [0.15, 0.2) is 59.0 Å². The van der Waals surface area contributed by atoms with Gasteiger partial charge in [0.1, 0.15) is 17.3 Å². The quantitative estimate of drug-likeness (QED) is 0.419. The summed E-state index contributed by atoms with van der Waals surface area (Å²) in [4.78, 5) is 39.3. The minimum Gasteiger partial charge on any atom is -0.485 e. The van der Waals surface area contributed by atoms with Gasteiger partial charge < -0.3 is 19.2 Å². The molecule has 0 fully saturated rings. The number of furan rings is 1. The number of Topliss-reactive ketones (excluding diaryl/α,β-unsaturated/α-hetero) is 1. The number of ether oxygens (including phenoxy) is 2. The monoisotopic (exact) mass is 490 g/mol. The molecule has 1 aliphatic rings. The molecular weight excluding hydrogens is 460 g/mol. The Kier molecular flexibility index (Phi) is 7.73. The van der Waals surface area contributed by atoms with Crippen molar-refractivity contribution in [2.75, 3.05) is 24.7 Å². The summed E-state index contributed by atoms with van der Waals surface area (Å²) >= 11 is 0. The molecule has 3 aromatic rings. The molecule has 2 heterocycles. The molecule has 8 nitrogen and oxygen atoms in total. The van der Waals surface area contributed by atoms with E-state index in [1.165, 1.54) is 4.90 Å². The van der Waals surface area contributed by atoms with Crippen LogP contribution >= 0.6 is 0 Å². The van der Waals surface area contributed by atoms with Crippen molar-refractivity contribution in [2.24, 2.45) is 5.92 Å². The first-order valence-corrected chi connectivity index (χ1v) is 12.0. The van der Waals surface area contributed by atoms with Crippen LogP contribution in [0.5, 0.6) is 11.5 Å². The van der Waals surface area contributed by atoms with E-state index in [0.717, 1.165) is 12.0 Å². The lowest BCUT2D eigenvalue weighted by atomic mass is 10.1. The zero-order valence-electron chi connectivity index (χ0n) is 20.7. The van der Waals surface area contributed by atoms with Crippen LogP contribution in [0.2, 0.25) is 0 Å². The van der Waals surface area contributed by atoms with Gasteiger partial charge in [0.05, 0.1) is 12.2 Å². The first-order valence-electron chi connectivity index (χ1n) is 12.0. The lowest BCUT2D eigenvalue weighted by molar-refractivity contribution is -0.121. The number of ketones is 1. The van der Waals surface area contributed by atoms with Gasteiger partial charge in [-0.25, -0.2) is 0 Å². The van der Waals surface area contributed by atoms with Gasteiger partial charge in [-0.1, -0.05) is 31.5 Å². The number of benzene rings is 2. The second kappa shape index (κ2) is 11.1. The number of hydrogen-bond donors (Lipinski definition) is 1. The summed E-state index contributed by atoms with van der Waals surface area (Å²) in [7, 11) is 0. The zero-order valence-corrected chi connectivity index (χ0v) is 20.7. The highest BCUT2D eigenvalue weighted by molar-refractivity contribution is 6.02. The summed E-state index contributed by atoms with van der Waals surface area (Å²) in [6.07, 6.45) is 0.871. The van der Waals surface area contributed by atoms with Gasteiger partial charge in [-0.05, 0) is 61.7 Å². The SMILES string of the molecule is Cc1ccc(OCC(=O)c2ccc3c(c2)N(Cc2ccc(C(=O)NCCC(C)C)o2)C(=O)CO3)cc1. The Morgan fingerprint density at radius 2 is 1.86 bits per heavy atom. The van der Waals surface area contributed by atoms with Gasteiger partial charge in [0, 0.05) is 12.1 Å². The molecule has 2 aromatic carbocycles. The molecule has 2 amide bonds. The molecule has 1 aromatic heterocycles. The van der Waals surface area contributed by atoms with Crippen molar-refractivity contribution in [3.63, 3.8) is 0 Å². The maximum absolute atomic E-state index is 12.8. The second-order valence-corrected chi connectivity index (χ2v) is 9.18. The van der Waals surface area contributed by atoms with E-state index in [4.69, 9.17) is 13.9 Å². The Labute approximate surface area is 210 Å². The fourth-order valence-electron chi connectivity index (χ4n) is 3.72. The Morgan fingerprint density at radius 1 is 1.08 bits per heavy atom. The summed E-state index contributed by atoms with van der Waals surface area (Å²) in [6, 6.07) is 15.7. The fraction of sp³-hybridized carbons (Fsp3) is 0.321. The van der Waals surface area contributed by atoms with Crippen LogP contribution in [0.25, 0.3) is 0 Å². The van der Waals surface area contributed by atoms with Gasteiger partial charge in [0.25, 0.3) is 11.8 Å². The van der Waals surface area contributed by atoms with E-state index < -0.39 is 0 Å². The van der Waals surface area contributed by atoms with Crippen molar-refractivity contribution in [1.82, 2.24) is 5.32 Å². The first-order chi connectivity index (χ1) is 17.3. The lowest BCUT2D eigenvalue weighted by Gasteiger charge is -2.29. The maximum Gasteiger partial charge on any atom is 0.286 e. The van der Waals surface area contributed by atoms with Gasteiger partial charge in [-0.15, -0.1) is 0 Å². The third kappa shape index (κ3) is 6.13. The number of rotatable bonds is 10. The smallest absolute Gasteiger partial charge is 0.286 e. The number of anilines is 1. The Balaban J connectivity index is 1.45. The predicted molar refractivity (Wildman–Crippen MR) is 135 cm³/mol. The number of nitrogens with one attached hydrogen (secondary N) is 1. The van der Waals surface area contributed by atoms with Crippen molar-refractivity contribution in [1.29, 1.82) is 0 Å². The molecule has 0 saturated carbocycles. The minimum atomic E-state index is -0.294. The van der Waals surface area contributed by atoms with Crippen LogP contribution in [-0.4, -0.2) is 37.4 Å². The summed E-state index contributed by atoms with van der Waals surface area (Å²) in [6.45, 7) is 6.56. The van der Waals surface area contributed by atoms with Gasteiger partial charge >= 0.3 is 0 Å². The van der Waals surface area contributed by atoms with E-state index in [1.807, 2.05) is 31.2 Å². The number of carbonyl (C=O) groups is 3. The number of nitrogens with zero attached hydrogens (tertiary/aromatic N) is 1. The number of carbonyl (C=O) groups excluding carboxylic acids is 3. The van der Waals surface area contributed by atoms with Crippen molar-refractivity contribution in [2.45, 2.75) is 33.7 Å². The molecule has 0 saturated heterocycles. The third-order valence-electron chi connectivity index (χ3n) is 5.82. The molecule has 0 radical (unpaired) electrons. The number of hydrogen-bond acceptors (Lipinski definition) is 6. The highest BCUT2D eigenvalue weighted by Crippen LogP contribution is 2.34. The molecule has 1 N–H and O–H groups in total. The summed E-state index contributed by atoms with van der Waals surface area (Å²) in [5.41, 5.74) is 1.96. The van der Waals surface area contributed by atoms with Crippen LogP contribution in [-0.2, 0) is 11.3 Å². The molecule has 188 valence electrons. The van der Waals surface area contributed by atoms with Crippen molar-refractivity contribution >= 4 is 23.3 Å². The van der Waals surface area contributed by atoms with Gasteiger partial charge in [-0.3, -0.25) is 19.3 Å². The van der Waals surface area contributed by atoms with Crippen LogP contribution < -0.4 is 19.7 Å². The topological polar surface area (TPSA) is 98.1 Å². The molecule has 0 unspecified atom stereocenters. The third-order valence-corrected chi connectivity index (χ3v) is 5.82. The average Bonchev–Trinajstić information content (AvgIpc) is 3.33. The first kappa shape index (κ1) is 25.0. The standard InChI is InChI=1S/C28H30N2O6/c1-18(2)12-13-29-28(33)26-11-9-22(36-26)15-30-23-14-20(6-10-25(23)35-17-27(30)32)24(31)16-34-21-7-4-19(3)5-8-21/h4-11,14,18H,12-13,15-17H2,1-3H3,(H,29,33). The highest BCUT2D eigenvalue weighted by atomic mass is 16.5. The minimum absolute atomic E-state index is 0.103. The molecule has 4 rings (SSSR count). The largest absolute Gasteiger partial charge is 0.485 e. The van der Waals surface area contributed by atoms with Crippen LogP contribution in [0, 0.1) is 12.8 Å². The number of amides is 2. The molecule has 36 heavy (non-hydrogen) atoms.